The van der Waals surface area contributed by atoms with E-state index >= 15 is 0 Å². The van der Waals surface area contributed by atoms with Gasteiger partial charge in [0.25, 0.3) is 0 Å². The molecule has 0 unspecified atom stereocenters. The average Bonchev–Trinajstić information content (AvgIpc) is 2.92. The molecule has 0 amide bonds. The smallest absolute Gasteiger partial charge is 0.240 e. The summed E-state index contributed by atoms with van der Waals surface area (Å²) in [7, 11) is -3.48. The van der Waals surface area contributed by atoms with Gasteiger partial charge in [-0.15, -0.1) is 0 Å². The van der Waals surface area contributed by atoms with Crippen LogP contribution in [0.2, 0.25) is 0 Å². The molecule has 118 valence electrons. The van der Waals surface area contributed by atoms with Crippen molar-refractivity contribution in [3.05, 3.63) is 23.3 Å². The number of rotatable bonds is 6. The monoisotopic (exact) mass is 311 g/mol. The molecule has 1 aromatic rings. The third kappa shape index (κ3) is 4.18. The summed E-state index contributed by atoms with van der Waals surface area (Å²) in [4.78, 5) is 2.67. The summed E-state index contributed by atoms with van der Waals surface area (Å²) >= 11 is 0. The zero-order chi connectivity index (χ0) is 15.5. The van der Waals surface area contributed by atoms with Gasteiger partial charge in [0.15, 0.2) is 0 Å². The first kappa shape index (κ1) is 16.3. The van der Waals surface area contributed by atoms with Crippen LogP contribution in [0, 0.1) is 13.8 Å². The van der Waals surface area contributed by atoms with E-state index in [1.807, 2.05) is 6.92 Å². The van der Waals surface area contributed by atoms with Crippen LogP contribution in [0.15, 0.2) is 17.0 Å². The third-order valence-electron chi connectivity index (χ3n) is 3.98. The van der Waals surface area contributed by atoms with Crippen molar-refractivity contribution in [1.29, 1.82) is 0 Å². The lowest BCUT2D eigenvalue weighted by Crippen LogP contribution is -2.29. The van der Waals surface area contributed by atoms with E-state index in [-0.39, 0.29) is 0 Å². The lowest BCUT2D eigenvalue weighted by molar-refractivity contribution is 0.334. The molecule has 0 atom stereocenters. The maximum absolute atomic E-state index is 12.4. The highest BCUT2D eigenvalue weighted by Gasteiger charge is 2.18. The minimum Gasteiger partial charge on any atom is -0.398 e. The molecule has 0 aliphatic carbocycles. The number of aryl methyl sites for hydroxylation is 1. The average molecular weight is 311 g/mol. The van der Waals surface area contributed by atoms with Gasteiger partial charge in [-0.2, -0.15) is 0 Å². The van der Waals surface area contributed by atoms with Crippen molar-refractivity contribution < 1.29 is 8.42 Å². The van der Waals surface area contributed by atoms with Gasteiger partial charge in [-0.3, -0.25) is 0 Å². The molecule has 21 heavy (non-hydrogen) atoms. The molecule has 0 radical (unpaired) electrons. The second kappa shape index (κ2) is 6.77. The highest BCUT2D eigenvalue weighted by Crippen LogP contribution is 2.22. The van der Waals surface area contributed by atoms with Crippen LogP contribution in [0.3, 0.4) is 0 Å². The Hall–Kier alpha value is -1.11. The van der Waals surface area contributed by atoms with E-state index in [4.69, 9.17) is 5.73 Å². The van der Waals surface area contributed by atoms with Crippen molar-refractivity contribution in [2.75, 3.05) is 31.9 Å². The summed E-state index contributed by atoms with van der Waals surface area (Å²) in [6.07, 6.45) is 3.35. The van der Waals surface area contributed by atoms with Gasteiger partial charge in [0.05, 0.1) is 4.90 Å². The van der Waals surface area contributed by atoms with E-state index in [0.717, 1.165) is 31.6 Å². The maximum atomic E-state index is 12.4. The van der Waals surface area contributed by atoms with E-state index in [1.165, 1.54) is 12.8 Å². The van der Waals surface area contributed by atoms with Crippen molar-refractivity contribution in [1.82, 2.24) is 9.62 Å². The number of nitrogens with two attached hydrogens (primary N) is 1. The van der Waals surface area contributed by atoms with Gasteiger partial charge in [-0.05, 0) is 76.0 Å². The van der Waals surface area contributed by atoms with E-state index in [9.17, 15) is 8.42 Å². The second-order valence-corrected chi connectivity index (χ2v) is 7.51. The molecule has 1 aliphatic heterocycles. The lowest BCUT2D eigenvalue weighted by atomic mass is 10.1. The van der Waals surface area contributed by atoms with Gasteiger partial charge in [-0.25, -0.2) is 13.1 Å². The quantitative estimate of drug-likeness (QED) is 0.619. The zero-order valence-corrected chi connectivity index (χ0v) is 13.7. The fourth-order valence-electron chi connectivity index (χ4n) is 2.72. The molecule has 1 saturated heterocycles. The Bertz CT molecular complexity index is 593. The number of nitrogens with one attached hydrogen (secondary N) is 1. The summed E-state index contributed by atoms with van der Waals surface area (Å²) < 4.78 is 27.4. The van der Waals surface area contributed by atoms with Gasteiger partial charge >= 0.3 is 0 Å². The molecule has 1 aromatic carbocycles. The fourth-order valence-corrected chi connectivity index (χ4v) is 4.16. The number of sulfonamides is 1. The molecule has 0 spiro atoms. The van der Waals surface area contributed by atoms with E-state index < -0.39 is 10.0 Å². The van der Waals surface area contributed by atoms with Crippen molar-refractivity contribution >= 4 is 15.7 Å². The van der Waals surface area contributed by atoms with Gasteiger partial charge < -0.3 is 10.6 Å². The van der Waals surface area contributed by atoms with E-state index in [2.05, 4.69) is 9.62 Å². The van der Waals surface area contributed by atoms with Crippen LogP contribution >= 0.6 is 0 Å². The lowest BCUT2D eigenvalue weighted by Gasteiger charge is -2.15. The number of hydrogen-bond donors (Lipinski definition) is 2. The Morgan fingerprint density at radius 3 is 2.57 bits per heavy atom. The first-order valence-corrected chi connectivity index (χ1v) is 8.97. The van der Waals surface area contributed by atoms with Gasteiger partial charge in [0.1, 0.15) is 0 Å². The molecule has 1 heterocycles. The Kier molecular flexibility index (Phi) is 5.24. The molecule has 3 N–H and O–H groups in total. The summed E-state index contributed by atoms with van der Waals surface area (Å²) in [5.74, 6) is 0. The largest absolute Gasteiger partial charge is 0.398 e. The fraction of sp³-hybridized carbons (Fsp3) is 0.600. The number of nitrogen functional groups attached to an aromatic ring is 1. The number of benzene rings is 1. The number of hydrogen-bond acceptors (Lipinski definition) is 4. The Labute approximate surface area is 127 Å². The second-order valence-electron chi connectivity index (χ2n) is 5.78. The van der Waals surface area contributed by atoms with Gasteiger partial charge in [0, 0.05) is 12.2 Å². The first-order valence-electron chi connectivity index (χ1n) is 7.49. The van der Waals surface area contributed by atoms with Crippen molar-refractivity contribution in [3.63, 3.8) is 0 Å². The Morgan fingerprint density at radius 2 is 1.90 bits per heavy atom. The standard InChI is InChI=1S/C15H25N3O2S/c1-12-10-14(16)13(2)15(11-12)21(19,20)17-6-5-9-18-7-3-4-8-18/h10-11,17H,3-9,16H2,1-2H3. The van der Waals surface area contributed by atoms with Crippen LogP contribution < -0.4 is 10.5 Å². The molecule has 5 nitrogen and oxygen atoms in total. The van der Waals surface area contributed by atoms with Crippen molar-refractivity contribution in [2.45, 2.75) is 38.0 Å². The SMILES string of the molecule is Cc1cc(N)c(C)c(S(=O)(=O)NCCCN2CCCC2)c1. The minimum atomic E-state index is -3.48. The predicted octanol–water partition coefficient (Wildman–Crippen LogP) is 1.65. The number of nitrogens with zero attached hydrogens (tertiary/aromatic N) is 1. The van der Waals surface area contributed by atoms with E-state index in [0.29, 0.717) is 22.7 Å². The topological polar surface area (TPSA) is 75.4 Å². The first-order chi connectivity index (χ1) is 9.90. The molecule has 1 fully saturated rings. The van der Waals surface area contributed by atoms with Crippen LogP contribution in [0.5, 0.6) is 0 Å². The summed E-state index contributed by atoms with van der Waals surface area (Å²) in [5.41, 5.74) is 7.85. The molecule has 6 heteroatoms. The van der Waals surface area contributed by atoms with Crippen LogP contribution in [0.4, 0.5) is 5.69 Å². The summed E-state index contributed by atoms with van der Waals surface area (Å²) in [6.45, 7) is 7.29. The number of anilines is 1. The van der Waals surface area contributed by atoms with Gasteiger partial charge in [0.2, 0.25) is 10.0 Å². The summed E-state index contributed by atoms with van der Waals surface area (Å²) in [6, 6.07) is 3.47. The van der Waals surface area contributed by atoms with E-state index in [1.54, 1.807) is 19.1 Å². The third-order valence-corrected chi connectivity index (χ3v) is 5.56. The number of likely N-dealkylation sites (tertiary alicyclic amines) is 1. The van der Waals surface area contributed by atoms with Crippen molar-refractivity contribution in [3.8, 4) is 0 Å². The van der Waals surface area contributed by atoms with Crippen LogP contribution in [0.25, 0.3) is 0 Å². The van der Waals surface area contributed by atoms with Crippen LogP contribution in [-0.2, 0) is 10.0 Å². The van der Waals surface area contributed by atoms with Gasteiger partial charge in [-0.1, -0.05) is 0 Å². The molecule has 1 aliphatic rings. The molecule has 0 aromatic heterocycles. The Balaban J connectivity index is 1.95. The summed E-state index contributed by atoms with van der Waals surface area (Å²) in [5, 5.41) is 0. The highest BCUT2D eigenvalue weighted by molar-refractivity contribution is 7.89. The highest BCUT2D eigenvalue weighted by atomic mass is 32.2. The molecule has 0 saturated carbocycles. The Morgan fingerprint density at radius 1 is 1.24 bits per heavy atom. The van der Waals surface area contributed by atoms with Crippen LogP contribution in [0.1, 0.15) is 30.4 Å². The molecule has 0 bridgehead atoms. The predicted molar refractivity (Wildman–Crippen MR) is 85.8 cm³/mol. The van der Waals surface area contributed by atoms with Crippen LogP contribution in [-0.4, -0.2) is 39.5 Å². The zero-order valence-electron chi connectivity index (χ0n) is 12.9. The molecular weight excluding hydrogens is 286 g/mol. The minimum absolute atomic E-state index is 0.293. The normalized spacial score (nSPS) is 16.5. The van der Waals surface area contributed by atoms with Crippen molar-refractivity contribution in [2.24, 2.45) is 0 Å². The maximum Gasteiger partial charge on any atom is 0.240 e. The molecular formula is C15H25N3O2S. The molecule has 2 rings (SSSR count).